The predicted octanol–water partition coefficient (Wildman–Crippen LogP) is 6.89. The van der Waals surface area contributed by atoms with Gasteiger partial charge in [-0.15, -0.1) is 0 Å². The van der Waals surface area contributed by atoms with E-state index in [1.807, 2.05) is 0 Å². The molecule has 0 radical (unpaired) electrons. The maximum absolute atomic E-state index is 3.65. The van der Waals surface area contributed by atoms with Crippen molar-refractivity contribution in [2.45, 2.75) is 19.3 Å². The van der Waals surface area contributed by atoms with Crippen LogP contribution in [0.1, 0.15) is 25.0 Å². The van der Waals surface area contributed by atoms with E-state index in [1.54, 1.807) is 0 Å². The summed E-state index contributed by atoms with van der Waals surface area (Å²) in [6.45, 7) is 4.61. The summed E-state index contributed by atoms with van der Waals surface area (Å²) in [6, 6.07) is 30.8. The Morgan fingerprint density at radius 3 is 2.35 bits per heavy atom. The fourth-order valence-electron chi connectivity index (χ4n) is 4.03. The van der Waals surface area contributed by atoms with E-state index in [-0.39, 0.29) is 5.41 Å². The van der Waals surface area contributed by atoms with Gasteiger partial charge in [-0.2, -0.15) is 0 Å². The molecule has 4 bridgehead atoms. The first-order valence-corrected chi connectivity index (χ1v) is 9.13. The minimum absolute atomic E-state index is 0.0600. The van der Waals surface area contributed by atoms with Crippen LogP contribution in [0.15, 0.2) is 84.9 Å². The molecule has 0 atom stereocenters. The van der Waals surface area contributed by atoms with Gasteiger partial charge in [-0.1, -0.05) is 74.5 Å². The van der Waals surface area contributed by atoms with Crippen LogP contribution in [-0.4, -0.2) is 0 Å². The lowest BCUT2D eigenvalue weighted by atomic mass is 9.77. The molecule has 4 aromatic rings. The first-order valence-electron chi connectivity index (χ1n) is 9.13. The molecule has 1 aliphatic heterocycles. The largest absolute Gasteiger partial charge is 0.355 e. The Hall–Kier alpha value is -3.06. The topological polar surface area (TPSA) is 12.0 Å². The van der Waals surface area contributed by atoms with Gasteiger partial charge in [-0.05, 0) is 51.7 Å². The van der Waals surface area contributed by atoms with Crippen LogP contribution in [0.3, 0.4) is 0 Å². The Kier molecular flexibility index (Phi) is 3.20. The highest BCUT2D eigenvalue weighted by Gasteiger charge is 2.25. The third kappa shape index (κ3) is 2.24. The standard InChI is InChI=1S/C25H21N/c1-25(2)18-8-6-9-20(15-18)26-24-12-4-3-10-22(24)21-11-5-7-17-13-14-19(25)16-23(17)21/h3-16,26H,1-2H3. The Labute approximate surface area is 154 Å². The molecule has 1 heterocycles. The van der Waals surface area contributed by atoms with Crippen molar-refractivity contribution >= 4 is 22.1 Å². The number of hydrogen-bond donors (Lipinski definition) is 1. The van der Waals surface area contributed by atoms with Crippen LogP contribution in [0.25, 0.3) is 21.9 Å². The number of anilines is 2. The van der Waals surface area contributed by atoms with Crippen molar-refractivity contribution in [3.05, 3.63) is 96.1 Å². The summed E-state index contributed by atoms with van der Waals surface area (Å²) < 4.78 is 0. The van der Waals surface area contributed by atoms with E-state index in [0.717, 1.165) is 11.4 Å². The minimum atomic E-state index is -0.0600. The number of benzene rings is 4. The molecule has 0 aliphatic carbocycles. The van der Waals surface area contributed by atoms with E-state index in [2.05, 4.69) is 104 Å². The van der Waals surface area contributed by atoms with Crippen molar-refractivity contribution in [1.29, 1.82) is 0 Å². The first-order chi connectivity index (χ1) is 12.6. The Balaban J connectivity index is 1.93. The molecule has 5 rings (SSSR count). The van der Waals surface area contributed by atoms with E-state index in [4.69, 9.17) is 0 Å². The number of hydrogen-bond acceptors (Lipinski definition) is 1. The summed E-state index contributed by atoms with van der Waals surface area (Å²) in [5.74, 6) is 0. The van der Waals surface area contributed by atoms with Gasteiger partial charge < -0.3 is 5.32 Å². The third-order valence-corrected chi connectivity index (χ3v) is 5.68. The summed E-state index contributed by atoms with van der Waals surface area (Å²) in [7, 11) is 0. The van der Waals surface area contributed by atoms with E-state index in [0.29, 0.717) is 0 Å². The molecular weight excluding hydrogens is 314 g/mol. The lowest BCUT2D eigenvalue weighted by molar-refractivity contribution is 0.642. The Bertz CT molecular complexity index is 1140. The van der Waals surface area contributed by atoms with Gasteiger partial charge in [-0.25, -0.2) is 0 Å². The fraction of sp³-hybridized carbons (Fsp3) is 0.120. The lowest BCUT2D eigenvalue weighted by Crippen LogP contribution is -2.18. The maximum atomic E-state index is 3.65. The van der Waals surface area contributed by atoms with Gasteiger partial charge in [0, 0.05) is 22.4 Å². The van der Waals surface area contributed by atoms with Gasteiger partial charge in [0.15, 0.2) is 0 Å². The quantitative estimate of drug-likeness (QED) is 0.369. The van der Waals surface area contributed by atoms with Crippen molar-refractivity contribution in [2.24, 2.45) is 0 Å². The summed E-state index contributed by atoms with van der Waals surface area (Å²) in [5.41, 5.74) is 7.38. The van der Waals surface area contributed by atoms with Crippen LogP contribution in [0.5, 0.6) is 0 Å². The molecule has 26 heavy (non-hydrogen) atoms. The zero-order chi connectivity index (χ0) is 17.7. The maximum Gasteiger partial charge on any atom is 0.0464 e. The van der Waals surface area contributed by atoms with Gasteiger partial charge in [0.2, 0.25) is 0 Å². The highest BCUT2D eigenvalue weighted by atomic mass is 14.9. The molecule has 0 unspecified atom stereocenters. The summed E-state index contributed by atoms with van der Waals surface area (Å²) >= 11 is 0. The summed E-state index contributed by atoms with van der Waals surface area (Å²) in [4.78, 5) is 0. The van der Waals surface area contributed by atoms with Gasteiger partial charge in [-0.3, -0.25) is 0 Å². The van der Waals surface area contributed by atoms with Crippen LogP contribution in [0.4, 0.5) is 11.4 Å². The molecule has 0 aromatic heterocycles. The van der Waals surface area contributed by atoms with E-state index < -0.39 is 0 Å². The molecule has 4 aromatic carbocycles. The van der Waals surface area contributed by atoms with Gasteiger partial charge in [0.1, 0.15) is 0 Å². The van der Waals surface area contributed by atoms with Crippen LogP contribution >= 0.6 is 0 Å². The molecule has 1 nitrogen and oxygen atoms in total. The average Bonchev–Trinajstić information content (AvgIpc) is 2.68. The van der Waals surface area contributed by atoms with E-state index in [9.17, 15) is 0 Å². The second-order valence-corrected chi connectivity index (χ2v) is 7.62. The zero-order valence-electron chi connectivity index (χ0n) is 15.1. The summed E-state index contributed by atoms with van der Waals surface area (Å²) in [5, 5.41) is 6.24. The van der Waals surface area contributed by atoms with Crippen LogP contribution in [0.2, 0.25) is 0 Å². The van der Waals surface area contributed by atoms with E-state index >= 15 is 0 Å². The SMILES string of the molecule is CC1(C)c2cccc(c2)Nc2ccccc2-c2cccc3ccc1cc23. The second kappa shape index (κ2) is 5.47. The number of fused-ring (bicyclic) bond motifs is 5. The highest BCUT2D eigenvalue weighted by Crippen LogP contribution is 2.40. The molecule has 0 saturated heterocycles. The van der Waals surface area contributed by atoms with Crippen molar-refractivity contribution in [1.82, 2.24) is 0 Å². The summed E-state index contributed by atoms with van der Waals surface area (Å²) in [6.07, 6.45) is 0. The molecule has 1 aliphatic rings. The van der Waals surface area contributed by atoms with Crippen molar-refractivity contribution in [2.75, 3.05) is 5.32 Å². The highest BCUT2D eigenvalue weighted by molar-refractivity contribution is 6.00. The number of nitrogens with one attached hydrogen (secondary N) is 1. The minimum Gasteiger partial charge on any atom is -0.355 e. The van der Waals surface area contributed by atoms with Crippen molar-refractivity contribution in [3.63, 3.8) is 0 Å². The van der Waals surface area contributed by atoms with Crippen LogP contribution < -0.4 is 5.32 Å². The Morgan fingerprint density at radius 2 is 1.42 bits per heavy atom. The van der Waals surface area contributed by atoms with E-state index in [1.165, 1.54) is 33.0 Å². The average molecular weight is 335 g/mol. The van der Waals surface area contributed by atoms with Gasteiger partial charge in [0.05, 0.1) is 0 Å². The molecule has 1 heteroatoms. The molecule has 126 valence electrons. The first kappa shape index (κ1) is 15.2. The second-order valence-electron chi connectivity index (χ2n) is 7.62. The van der Waals surface area contributed by atoms with Gasteiger partial charge >= 0.3 is 0 Å². The van der Waals surface area contributed by atoms with Crippen molar-refractivity contribution in [3.8, 4) is 11.1 Å². The van der Waals surface area contributed by atoms with Crippen LogP contribution in [-0.2, 0) is 5.41 Å². The normalized spacial score (nSPS) is 14.4. The Morgan fingerprint density at radius 1 is 0.654 bits per heavy atom. The number of rotatable bonds is 0. The molecule has 1 N–H and O–H groups in total. The smallest absolute Gasteiger partial charge is 0.0464 e. The molecule has 0 fully saturated rings. The predicted molar refractivity (Wildman–Crippen MR) is 111 cm³/mol. The number of para-hydroxylation sites is 1. The van der Waals surface area contributed by atoms with Crippen molar-refractivity contribution < 1.29 is 0 Å². The van der Waals surface area contributed by atoms with Crippen LogP contribution in [0, 0.1) is 0 Å². The fourth-order valence-corrected chi connectivity index (χ4v) is 4.03. The third-order valence-electron chi connectivity index (χ3n) is 5.68. The monoisotopic (exact) mass is 335 g/mol. The molecule has 0 spiro atoms. The van der Waals surface area contributed by atoms with Gasteiger partial charge in [0.25, 0.3) is 0 Å². The lowest BCUT2D eigenvalue weighted by Gasteiger charge is -2.27. The molecular formula is C25H21N. The molecule has 0 amide bonds. The zero-order valence-corrected chi connectivity index (χ0v) is 15.1. The molecule has 0 saturated carbocycles.